The summed E-state index contributed by atoms with van der Waals surface area (Å²) in [4.78, 5) is 0. The van der Waals surface area contributed by atoms with Gasteiger partial charge in [-0.15, -0.1) is 10.2 Å². The van der Waals surface area contributed by atoms with E-state index in [-0.39, 0.29) is 6.10 Å². The Morgan fingerprint density at radius 3 is 2.50 bits per heavy atom. The zero-order valence-corrected chi connectivity index (χ0v) is 11.8. The fourth-order valence-electron chi connectivity index (χ4n) is 2.62. The first-order chi connectivity index (χ1) is 10.9. The van der Waals surface area contributed by atoms with Gasteiger partial charge >= 0.3 is 0 Å². The normalized spacial score (nSPS) is 18.7. The van der Waals surface area contributed by atoms with Gasteiger partial charge < -0.3 is 4.74 Å². The SMILES string of the molecule is c1ccc(C2CC(=Nn3cnnc3)c3ccccc3O2)cc1. The van der Waals surface area contributed by atoms with Crippen molar-refractivity contribution in [2.24, 2.45) is 5.10 Å². The van der Waals surface area contributed by atoms with Crippen LogP contribution in [0, 0.1) is 0 Å². The molecule has 0 radical (unpaired) electrons. The summed E-state index contributed by atoms with van der Waals surface area (Å²) in [6.07, 6.45) is 3.84. The third-order valence-corrected chi connectivity index (χ3v) is 3.66. The zero-order valence-electron chi connectivity index (χ0n) is 11.8. The summed E-state index contributed by atoms with van der Waals surface area (Å²) in [6.45, 7) is 0. The zero-order chi connectivity index (χ0) is 14.8. The molecule has 5 nitrogen and oxygen atoms in total. The molecular formula is C17H14N4O. The van der Waals surface area contributed by atoms with Crippen LogP contribution in [-0.4, -0.2) is 20.6 Å². The fraction of sp³-hybridized carbons (Fsp3) is 0.118. The third kappa shape index (κ3) is 2.37. The van der Waals surface area contributed by atoms with Crippen LogP contribution in [0.25, 0.3) is 0 Å². The molecule has 0 amide bonds. The number of ether oxygens (including phenoxy) is 1. The van der Waals surface area contributed by atoms with Crippen molar-refractivity contribution in [1.29, 1.82) is 0 Å². The first-order valence-corrected chi connectivity index (χ1v) is 7.13. The van der Waals surface area contributed by atoms with Gasteiger partial charge in [-0.25, -0.2) is 4.68 Å². The van der Waals surface area contributed by atoms with Crippen LogP contribution in [0.3, 0.4) is 0 Å². The molecule has 1 unspecified atom stereocenters. The van der Waals surface area contributed by atoms with Crippen molar-refractivity contribution < 1.29 is 4.74 Å². The van der Waals surface area contributed by atoms with Gasteiger partial charge in [0.15, 0.2) is 0 Å². The van der Waals surface area contributed by atoms with Gasteiger partial charge in [-0.3, -0.25) is 0 Å². The Balaban J connectivity index is 1.77. The Morgan fingerprint density at radius 2 is 1.68 bits per heavy atom. The number of aromatic nitrogens is 3. The molecule has 0 fully saturated rings. The first-order valence-electron chi connectivity index (χ1n) is 7.13. The summed E-state index contributed by atoms with van der Waals surface area (Å²) < 4.78 is 7.77. The summed E-state index contributed by atoms with van der Waals surface area (Å²) in [6, 6.07) is 18.2. The van der Waals surface area contributed by atoms with Gasteiger partial charge in [0, 0.05) is 12.0 Å². The quantitative estimate of drug-likeness (QED) is 0.729. The lowest BCUT2D eigenvalue weighted by Crippen LogP contribution is -2.21. The number of fused-ring (bicyclic) bond motifs is 1. The van der Waals surface area contributed by atoms with E-state index in [0.29, 0.717) is 6.42 Å². The second-order valence-corrected chi connectivity index (χ2v) is 5.11. The van der Waals surface area contributed by atoms with E-state index in [2.05, 4.69) is 27.4 Å². The Morgan fingerprint density at radius 1 is 0.955 bits per heavy atom. The van der Waals surface area contributed by atoms with E-state index < -0.39 is 0 Å². The van der Waals surface area contributed by atoms with E-state index in [1.807, 2.05) is 42.5 Å². The Bertz CT molecular complexity index is 797. The van der Waals surface area contributed by atoms with Crippen LogP contribution >= 0.6 is 0 Å². The summed E-state index contributed by atoms with van der Waals surface area (Å²) in [5, 5.41) is 12.2. The Kier molecular flexibility index (Phi) is 3.16. The van der Waals surface area contributed by atoms with Gasteiger partial charge in [0.05, 0.1) is 5.71 Å². The van der Waals surface area contributed by atoms with Crippen molar-refractivity contribution in [1.82, 2.24) is 14.9 Å². The van der Waals surface area contributed by atoms with Crippen molar-refractivity contribution in [3.8, 4) is 5.75 Å². The number of para-hydroxylation sites is 1. The molecule has 1 aliphatic heterocycles. The van der Waals surface area contributed by atoms with Gasteiger partial charge in [0.25, 0.3) is 0 Å². The largest absolute Gasteiger partial charge is 0.485 e. The summed E-state index contributed by atoms with van der Waals surface area (Å²) in [7, 11) is 0. The van der Waals surface area contributed by atoms with Crippen molar-refractivity contribution >= 4 is 5.71 Å². The molecule has 1 aromatic heterocycles. The number of benzene rings is 2. The average Bonchev–Trinajstić information content (AvgIpc) is 3.09. The van der Waals surface area contributed by atoms with Crippen LogP contribution in [0.5, 0.6) is 5.75 Å². The van der Waals surface area contributed by atoms with E-state index >= 15 is 0 Å². The highest BCUT2D eigenvalue weighted by Crippen LogP contribution is 2.35. The molecule has 0 bridgehead atoms. The average molecular weight is 290 g/mol. The first kappa shape index (κ1) is 12.8. The van der Waals surface area contributed by atoms with Crippen molar-refractivity contribution in [3.05, 3.63) is 78.4 Å². The lowest BCUT2D eigenvalue weighted by Gasteiger charge is -2.27. The molecule has 1 aliphatic rings. The van der Waals surface area contributed by atoms with Crippen LogP contribution in [0.4, 0.5) is 0 Å². The molecule has 0 N–H and O–H groups in total. The second-order valence-electron chi connectivity index (χ2n) is 5.11. The number of hydrogen-bond donors (Lipinski definition) is 0. The van der Waals surface area contributed by atoms with Crippen LogP contribution in [-0.2, 0) is 0 Å². The van der Waals surface area contributed by atoms with Crippen LogP contribution < -0.4 is 4.74 Å². The highest BCUT2D eigenvalue weighted by molar-refractivity contribution is 6.04. The molecule has 0 aliphatic carbocycles. The fourth-order valence-corrected chi connectivity index (χ4v) is 2.62. The topological polar surface area (TPSA) is 52.3 Å². The van der Waals surface area contributed by atoms with Crippen LogP contribution in [0.15, 0.2) is 72.4 Å². The maximum atomic E-state index is 6.15. The minimum absolute atomic E-state index is 0.0358. The van der Waals surface area contributed by atoms with E-state index in [4.69, 9.17) is 4.74 Å². The molecule has 0 saturated carbocycles. The van der Waals surface area contributed by atoms with Gasteiger partial charge in [-0.05, 0) is 17.7 Å². The lowest BCUT2D eigenvalue weighted by atomic mass is 9.96. The van der Waals surface area contributed by atoms with Gasteiger partial charge in [-0.1, -0.05) is 42.5 Å². The smallest absolute Gasteiger partial charge is 0.141 e. The molecule has 0 spiro atoms. The van der Waals surface area contributed by atoms with Gasteiger partial charge in [0.2, 0.25) is 0 Å². The second kappa shape index (κ2) is 5.44. The Labute approximate surface area is 127 Å². The number of rotatable bonds is 2. The minimum Gasteiger partial charge on any atom is -0.485 e. The highest BCUT2D eigenvalue weighted by atomic mass is 16.5. The molecule has 3 aromatic rings. The minimum atomic E-state index is -0.0358. The summed E-state index contributed by atoms with van der Waals surface area (Å²) in [5.41, 5.74) is 3.13. The van der Waals surface area contributed by atoms with Crippen LogP contribution in [0.2, 0.25) is 0 Å². The predicted molar refractivity (Wildman–Crippen MR) is 82.8 cm³/mol. The molecule has 5 heteroatoms. The molecular weight excluding hydrogens is 276 g/mol. The summed E-state index contributed by atoms with van der Waals surface area (Å²) >= 11 is 0. The van der Waals surface area contributed by atoms with Gasteiger partial charge in [-0.2, -0.15) is 5.10 Å². The maximum absolute atomic E-state index is 6.15. The highest BCUT2D eigenvalue weighted by Gasteiger charge is 2.26. The molecule has 1 atom stereocenters. The van der Waals surface area contributed by atoms with E-state index in [1.165, 1.54) is 0 Å². The van der Waals surface area contributed by atoms with Crippen LogP contribution in [0.1, 0.15) is 23.7 Å². The standard InChI is InChI=1S/C17H14N4O/c1-2-6-13(7-3-1)17-10-15(20-21-11-18-19-12-21)14-8-4-5-9-16(14)22-17/h1-9,11-12,17H,10H2. The van der Waals surface area contributed by atoms with E-state index in [1.54, 1.807) is 17.3 Å². The molecule has 0 saturated heterocycles. The Hall–Kier alpha value is -2.95. The number of hydrogen-bond acceptors (Lipinski definition) is 4. The molecule has 22 heavy (non-hydrogen) atoms. The van der Waals surface area contributed by atoms with E-state index in [9.17, 15) is 0 Å². The molecule has 108 valence electrons. The molecule has 2 heterocycles. The third-order valence-electron chi connectivity index (χ3n) is 3.66. The van der Waals surface area contributed by atoms with Crippen molar-refractivity contribution in [2.45, 2.75) is 12.5 Å². The van der Waals surface area contributed by atoms with E-state index in [0.717, 1.165) is 22.6 Å². The van der Waals surface area contributed by atoms with Gasteiger partial charge in [0.1, 0.15) is 24.5 Å². The monoisotopic (exact) mass is 290 g/mol. The summed E-state index contributed by atoms with van der Waals surface area (Å²) in [5.74, 6) is 0.856. The van der Waals surface area contributed by atoms with Crippen molar-refractivity contribution in [3.63, 3.8) is 0 Å². The van der Waals surface area contributed by atoms with Crippen molar-refractivity contribution in [2.75, 3.05) is 0 Å². The predicted octanol–water partition coefficient (Wildman–Crippen LogP) is 3.05. The lowest BCUT2D eigenvalue weighted by molar-refractivity contribution is 0.206. The maximum Gasteiger partial charge on any atom is 0.141 e. The number of nitrogens with zero attached hydrogens (tertiary/aromatic N) is 4. The molecule has 4 rings (SSSR count). The molecule has 2 aromatic carbocycles.